The van der Waals surface area contributed by atoms with Crippen LogP contribution in [0.2, 0.25) is 0 Å². The Morgan fingerprint density at radius 3 is 1.33 bits per heavy atom. The number of hydrogen-bond donors (Lipinski definition) is 1. The summed E-state index contributed by atoms with van der Waals surface area (Å²) in [5, 5.41) is 10.0. The summed E-state index contributed by atoms with van der Waals surface area (Å²) >= 11 is 0. The van der Waals surface area contributed by atoms with Gasteiger partial charge in [0.05, 0.1) is 20.3 Å². The zero-order valence-electron chi connectivity index (χ0n) is 61.8. The van der Waals surface area contributed by atoms with Gasteiger partial charge in [-0.1, -0.05) is 193 Å². The van der Waals surface area contributed by atoms with Gasteiger partial charge in [0.15, 0.2) is 0 Å². The Labute approximate surface area is 560 Å². The number of allylic oxidation sites excluding steroid dienone is 26. The van der Waals surface area contributed by atoms with Crippen molar-refractivity contribution >= 4 is 11.6 Å². The van der Waals surface area contributed by atoms with Crippen molar-refractivity contribution in [1.29, 1.82) is 0 Å². The highest BCUT2D eigenvalue weighted by molar-refractivity contribution is 6.23. The van der Waals surface area contributed by atoms with Gasteiger partial charge in [0, 0.05) is 11.1 Å². The fourth-order valence-corrected chi connectivity index (χ4v) is 14.2. The van der Waals surface area contributed by atoms with Crippen LogP contribution in [-0.2, 0) is 19.1 Å². The van der Waals surface area contributed by atoms with Crippen LogP contribution in [0.15, 0.2) is 175 Å². The molecule has 0 aliphatic heterocycles. The first-order valence-electron chi connectivity index (χ1n) is 36.2. The molecule has 1 N–H and O–H groups in total. The first kappa shape index (κ1) is 80.2. The third kappa shape index (κ3) is 30.7. The molecule has 0 amide bonds. The molecule has 4 aliphatic carbocycles. The minimum atomic E-state index is -0.284. The van der Waals surface area contributed by atoms with Gasteiger partial charge in [-0.05, 0) is 291 Å². The summed E-state index contributed by atoms with van der Waals surface area (Å²) in [6.07, 6.45) is 62.5. The molecule has 5 atom stereocenters. The summed E-state index contributed by atoms with van der Waals surface area (Å²) in [6.45, 7) is 40.4. The third-order valence-electron chi connectivity index (χ3n) is 20.4. The maximum Gasteiger partial charge on any atom is 0.228 e. The Hall–Kier alpha value is -5.00. The quantitative estimate of drug-likeness (QED) is 0.0496. The second-order valence-corrected chi connectivity index (χ2v) is 29.4. The van der Waals surface area contributed by atoms with Crippen molar-refractivity contribution < 1.29 is 24.2 Å². The topological polar surface area (TPSA) is 72.8 Å². The van der Waals surface area contributed by atoms with Crippen molar-refractivity contribution in [1.82, 2.24) is 0 Å². The van der Waals surface area contributed by atoms with Crippen LogP contribution >= 0.6 is 0 Å². The van der Waals surface area contributed by atoms with E-state index in [0.29, 0.717) is 23.0 Å². The van der Waals surface area contributed by atoms with Gasteiger partial charge in [-0.3, -0.25) is 9.59 Å². The van der Waals surface area contributed by atoms with Gasteiger partial charge >= 0.3 is 0 Å². The van der Waals surface area contributed by atoms with Crippen molar-refractivity contribution in [2.24, 2.45) is 29.1 Å². The van der Waals surface area contributed by atoms with Crippen molar-refractivity contribution in [2.45, 2.75) is 310 Å². The number of rotatable bonds is 37. The molecule has 0 heterocycles. The van der Waals surface area contributed by atoms with Crippen LogP contribution in [0.1, 0.15) is 303 Å². The number of ketones is 2. The van der Waals surface area contributed by atoms with E-state index in [1.165, 1.54) is 152 Å². The second kappa shape index (κ2) is 43.8. The molecule has 91 heavy (non-hydrogen) atoms. The first-order valence-corrected chi connectivity index (χ1v) is 36.2. The molecule has 0 spiro atoms. The predicted octanol–water partition coefficient (Wildman–Crippen LogP) is 25.5. The van der Waals surface area contributed by atoms with Crippen LogP contribution in [-0.4, -0.2) is 37.0 Å². The van der Waals surface area contributed by atoms with E-state index in [9.17, 15) is 14.7 Å². The van der Waals surface area contributed by atoms with E-state index in [1.807, 2.05) is 0 Å². The van der Waals surface area contributed by atoms with Gasteiger partial charge in [-0.2, -0.15) is 0 Å². The van der Waals surface area contributed by atoms with E-state index in [4.69, 9.17) is 9.47 Å². The van der Waals surface area contributed by atoms with Gasteiger partial charge in [-0.25, -0.2) is 0 Å². The average molecular weight is 1250 g/mol. The third-order valence-corrected chi connectivity index (χ3v) is 20.4. The molecule has 4 rings (SSSR count). The SMILES string of the molecule is C=C1CC[C@H](O)C/C1=C/C=C1\CCC[C@]2(C)[C@@H]([C@H](C)CCCC(C)C)CC[C@@H]12.COC1=C(OC)C(=O)C(C/C=C(\C)CC/C=C(\C)CC/C=C(\C)CC/C=C(\C)CC/C=C(\C)CC/C=C(\C)CC/C=C(\C)CC/C=C(\C)CC/C=C(\C)CCC=C(C)C)=C(C)C1=O. The second-order valence-electron chi connectivity index (χ2n) is 29.4. The van der Waals surface area contributed by atoms with Gasteiger partial charge < -0.3 is 14.6 Å². The number of aliphatic hydroxyl groups excluding tert-OH is 1. The standard InChI is InChI=1S/C59H90O4.C27H44O/c1-44(2)24-15-25-45(3)26-16-27-46(4)28-17-29-47(5)30-18-31-48(6)32-19-33-49(7)34-20-35-50(8)36-21-37-51(9)38-22-39-52(10)40-23-41-53(11)42-43-55-54(12)56(60)58(62-13)59(63-14)57(55)61;1-19(2)8-6-9-21(4)25-15-16-26-22(10-7-17-27(25,26)5)12-13-23-18-24(28)14-11-20(23)3/h24,26,28,30,32,34,36,38,40,42H,15-23,25,27,29,31,33,35,37,39,41,43H2,1-14H3;12-13,19,21,24-26,28H,3,6-11,14-18H2,1-2,4-5H3/b45-26+,46-28+,47-30+,48-32+,49-34+,50-36+,51-38+,52-40+,53-42+;22-12+,23-13-/t;21-,24+,25-,26+,27-/m.1/s1. The summed E-state index contributed by atoms with van der Waals surface area (Å²) in [5.41, 5.74) is 20.2. The lowest BCUT2D eigenvalue weighted by molar-refractivity contribution is -0.121. The molecule has 0 unspecified atom stereocenters. The van der Waals surface area contributed by atoms with Crippen LogP contribution in [0, 0.1) is 29.1 Å². The van der Waals surface area contributed by atoms with Gasteiger partial charge in [0.2, 0.25) is 23.1 Å². The Bertz CT molecular complexity index is 2780. The highest BCUT2D eigenvalue weighted by Gasteiger charge is 2.50. The van der Waals surface area contributed by atoms with Crippen molar-refractivity contribution in [3.63, 3.8) is 0 Å². The monoisotopic (exact) mass is 1250 g/mol. The highest BCUT2D eigenvalue weighted by atomic mass is 16.5. The molecule has 0 bridgehead atoms. The maximum absolute atomic E-state index is 12.9. The van der Waals surface area contributed by atoms with Crippen molar-refractivity contribution in [3.8, 4) is 0 Å². The zero-order valence-corrected chi connectivity index (χ0v) is 61.8. The number of ether oxygens (including phenoxy) is 2. The molecule has 508 valence electrons. The predicted molar refractivity (Wildman–Crippen MR) is 396 cm³/mol. The Morgan fingerprint density at radius 2 is 0.934 bits per heavy atom. The molecule has 3 saturated carbocycles. The summed E-state index contributed by atoms with van der Waals surface area (Å²) in [7, 11) is 2.78. The number of aliphatic hydroxyl groups is 1. The molecular formula is C86H134O5. The number of Topliss-reactive ketones (excluding diaryl/α,β-unsaturated/α-hetero) is 2. The fraction of sp³-hybridized carbons (Fsp3) is 0.628. The minimum absolute atomic E-state index is 0.00667. The molecule has 5 nitrogen and oxygen atoms in total. The largest absolute Gasteiger partial charge is 0.489 e. The average Bonchev–Trinajstić information content (AvgIpc) is 1.72. The van der Waals surface area contributed by atoms with E-state index >= 15 is 0 Å². The van der Waals surface area contributed by atoms with E-state index in [0.717, 1.165) is 139 Å². The Balaban J connectivity index is 0.000000634. The van der Waals surface area contributed by atoms with Gasteiger partial charge in [-0.15, -0.1) is 0 Å². The van der Waals surface area contributed by atoms with E-state index in [2.05, 4.69) is 183 Å². The summed E-state index contributed by atoms with van der Waals surface area (Å²) < 4.78 is 10.3. The Kier molecular flexibility index (Phi) is 38.6. The van der Waals surface area contributed by atoms with E-state index in [1.54, 1.807) is 12.5 Å². The smallest absolute Gasteiger partial charge is 0.228 e. The molecule has 0 radical (unpaired) electrons. The Morgan fingerprint density at radius 1 is 0.538 bits per heavy atom. The van der Waals surface area contributed by atoms with E-state index in [-0.39, 0.29) is 29.2 Å². The molecule has 0 aromatic carbocycles. The van der Waals surface area contributed by atoms with E-state index < -0.39 is 0 Å². The first-order chi connectivity index (χ1) is 43.3. The summed E-state index contributed by atoms with van der Waals surface area (Å²) in [6, 6.07) is 0. The minimum Gasteiger partial charge on any atom is -0.489 e. The summed E-state index contributed by atoms with van der Waals surface area (Å²) in [5.74, 6) is 2.80. The number of carbonyl (C=O) groups excluding carboxylic acids is 2. The zero-order chi connectivity index (χ0) is 67.5. The maximum atomic E-state index is 12.9. The molecule has 5 heteroatoms. The molecule has 3 fully saturated rings. The summed E-state index contributed by atoms with van der Waals surface area (Å²) in [4.78, 5) is 25.5. The van der Waals surface area contributed by atoms with Crippen LogP contribution in [0.3, 0.4) is 0 Å². The van der Waals surface area contributed by atoms with Crippen LogP contribution in [0.25, 0.3) is 0 Å². The molecular weight excluding hydrogens is 1110 g/mol. The normalized spacial score (nSPS) is 22.6. The van der Waals surface area contributed by atoms with Crippen LogP contribution < -0.4 is 0 Å². The van der Waals surface area contributed by atoms with Crippen LogP contribution in [0.4, 0.5) is 0 Å². The number of carbonyl (C=O) groups is 2. The van der Waals surface area contributed by atoms with Crippen molar-refractivity contribution in [2.75, 3.05) is 14.2 Å². The lowest BCUT2D eigenvalue weighted by Gasteiger charge is -2.44. The van der Waals surface area contributed by atoms with Crippen molar-refractivity contribution in [3.05, 3.63) is 175 Å². The molecule has 4 aliphatic rings. The molecule has 0 aromatic rings. The van der Waals surface area contributed by atoms with Crippen LogP contribution in [0.5, 0.6) is 0 Å². The lowest BCUT2D eigenvalue weighted by Crippen LogP contribution is -2.36. The number of methoxy groups -OCH3 is 2. The highest BCUT2D eigenvalue weighted by Crippen LogP contribution is 2.60. The molecule has 0 saturated heterocycles. The molecule has 0 aromatic heterocycles. The number of hydrogen-bond acceptors (Lipinski definition) is 5. The van der Waals surface area contributed by atoms with Gasteiger partial charge in [0.1, 0.15) is 0 Å². The lowest BCUT2D eigenvalue weighted by atomic mass is 9.60. The number of fused-ring (bicyclic) bond motifs is 1. The van der Waals surface area contributed by atoms with Gasteiger partial charge in [0.25, 0.3) is 0 Å². The fourth-order valence-electron chi connectivity index (χ4n) is 14.2.